The minimum absolute atomic E-state index is 0.410. The van der Waals surface area contributed by atoms with Gasteiger partial charge < -0.3 is 0 Å². The summed E-state index contributed by atoms with van der Waals surface area (Å²) >= 11 is 0. The second kappa shape index (κ2) is 7.28. The molecule has 0 aromatic carbocycles. The molecule has 0 saturated heterocycles. The Morgan fingerprint density at radius 1 is 0.870 bits per heavy atom. The fourth-order valence-electron chi connectivity index (χ4n) is 6.35. The lowest BCUT2D eigenvalue weighted by atomic mass is 9.47. The Kier molecular flexibility index (Phi) is 5.53. The molecule has 4 fully saturated rings. The van der Waals surface area contributed by atoms with E-state index in [2.05, 4.69) is 6.92 Å². The highest BCUT2D eigenvalue weighted by Gasteiger charge is 2.51. The van der Waals surface area contributed by atoms with Crippen LogP contribution in [-0.4, -0.2) is 5.78 Å². The first kappa shape index (κ1) is 17.5. The molecule has 0 aliphatic heterocycles. The van der Waals surface area contributed by atoms with Crippen molar-refractivity contribution in [2.24, 2.45) is 22.7 Å². The zero-order valence-corrected chi connectivity index (χ0v) is 15.7. The minimum atomic E-state index is 0.410. The van der Waals surface area contributed by atoms with Gasteiger partial charge in [0.2, 0.25) is 0 Å². The second-order valence-electron chi connectivity index (χ2n) is 9.19. The average molecular weight is 319 g/mol. The summed E-state index contributed by atoms with van der Waals surface area (Å²) in [6, 6.07) is 0. The maximum atomic E-state index is 12.0. The molecular formula is C22H38O. The Bertz CT molecular complexity index is 378. The van der Waals surface area contributed by atoms with Crippen LogP contribution in [0.15, 0.2) is 0 Å². The van der Waals surface area contributed by atoms with Gasteiger partial charge in [-0.3, -0.25) is 4.79 Å². The van der Waals surface area contributed by atoms with E-state index < -0.39 is 0 Å². The highest BCUT2D eigenvalue weighted by Crippen LogP contribution is 2.63. The van der Waals surface area contributed by atoms with E-state index in [9.17, 15) is 4.79 Å². The number of carbonyl (C=O) groups excluding carboxylic acids is 1. The third-order valence-corrected chi connectivity index (χ3v) is 8.17. The molecule has 0 spiro atoms. The van der Waals surface area contributed by atoms with Gasteiger partial charge in [0.25, 0.3) is 0 Å². The summed E-state index contributed by atoms with van der Waals surface area (Å²) in [6.07, 6.45) is 20.7. The van der Waals surface area contributed by atoms with E-state index in [1.165, 1.54) is 89.9 Å². The lowest BCUT2D eigenvalue weighted by molar-refractivity contribution is -0.125. The number of Topliss-reactive ketones (excluding diaryl/α,β-unsaturated/α-hetero) is 1. The fraction of sp³-hybridized carbons (Fsp3) is 0.955. The minimum Gasteiger partial charge on any atom is -0.299 e. The van der Waals surface area contributed by atoms with Gasteiger partial charge in [-0.1, -0.05) is 33.1 Å². The third-order valence-electron chi connectivity index (χ3n) is 8.17. The topological polar surface area (TPSA) is 17.1 Å². The molecule has 4 aliphatic rings. The van der Waals surface area contributed by atoms with E-state index in [4.69, 9.17) is 0 Å². The zero-order valence-electron chi connectivity index (χ0n) is 15.7. The van der Waals surface area contributed by atoms with Gasteiger partial charge in [0, 0.05) is 12.3 Å². The first-order valence-corrected chi connectivity index (χ1v) is 10.7. The standard InChI is InChI=1S/C22H38O/c1-3-5-6-11-21-12-15-22(16-13-21,17-14-21)19-9-7-18(8-10-19)20(23)4-2/h18-19H,3-17H2,1-2H3/t18-,19-,21?,22?. The molecule has 0 amide bonds. The molecule has 4 saturated carbocycles. The van der Waals surface area contributed by atoms with Crippen molar-refractivity contribution in [2.75, 3.05) is 0 Å². The molecule has 1 heteroatoms. The van der Waals surface area contributed by atoms with E-state index in [1.54, 1.807) is 0 Å². The molecule has 2 bridgehead atoms. The molecular weight excluding hydrogens is 280 g/mol. The summed E-state index contributed by atoms with van der Waals surface area (Å²) in [5.41, 5.74) is 1.43. The predicted octanol–water partition coefficient (Wildman–Crippen LogP) is 6.69. The molecule has 0 aromatic heterocycles. The monoisotopic (exact) mass is 318 g/mol. The number of unbranched alkanes of at least 4 members (excludes halogenated alkanes) is 2. The van der Waals surface area contributed by atoms with Gasteiger partial charge in [0.05, 0.1) is 0 Å². The summed E-state index contributed by atoms with van der Waals surface area (Å²) in [4.78, 5) is 12.0. The second-order valence-corrected chi connectivity index (χ2v) is 9.19. The van der Waals surface area contributed by atoms with Crippen LogP contribution < -0.4 is 0 Å². The fourth-order valence-corrected chi connectivity index (χ4v) is 6.35. The van der Waals surface area contributed by atoms with Crippen LogP contribution >= 0.6 is 0 Å². The first-order chi connectivity index (χ1) is 11.1. The Balaban J connectivity index is 1.53. The van der Waals surface area contributed by atoms with Crippen LogP contribution in [0.3, 0.4) is 0 Å². The molecule has 23 heavy (non-hydrogen) atoms. The van der Waals surface area contributed by atoms with Gasteiger partial charge in [0.1, 0.15) is 5.78 Å². The predicted molar refractivity (Wildman–Crippen MR) is 97.5 cm³/mol. The van der Waals surface area contributed by atoms with Crippen LogP contribution in [0.5, 0.6) is 0 Å². The van der Waals surface area contributed by atoms with Crippen LogP contribution in [0, 0.1) is 22.7 Å². The van der Waals surface area contributed by atoms with E-state index in [0.29, 0.717) is 17.1 Å². The van der Waals surface area contributed by atoms with Crippen molar-refractivity contribution in [2.45, 2.75) is 110 Å². The van der Waals surface area contributed by atoms with Crippen LogP contribution in [0.1, 0.15) is 110 Å². The Morgan fingerprint density at radius 3 is 2.00 bits per heavy atom. The largest absolute Gasteiger partial charge is 0.299 e. The van der Waals surface area contributed by atoms with Crippen molar-refractivity contribution in [3.05, 3.63) is 0 Å². The van der Waals surface area contributed by atoms with Crippen molar-refractivity contribution in [3.63, 3.8) is 0 Å². The highest BCUT2D eigenvalue weighted by molar-refractivity contribution is 5.80. The quantitative estimate of drug-likeness (QED) is 0.478. The van der Waals surface area contributed by atoms with E-state index in [1.807, 2.05) is 6.92 Å². The molecule has 0 unspecified atom stereocenters. The Hall–Kier alpha value is -0.330. The third kappa shape index (κ3) is 3.54. The molecule has 1 nitrogen and oxygen atoms in total. The summed E-state index contributed by atoms with van der Waals surface area (Å²) in [6.45, 7) is 4.36. The molecule has 0 N–H and O–H groups in total. The normalized spacial score (nSPS) is 40.3. The highest BCUT2D eigenvalue weighted by atomic mass is 16.1. The molecule has 0 aromatic rings. The molecule has 4 aliphatic carbocycles. The van der Waals surface area contributed by atoms with Gasteiger partial charge in [-0.25, -0.2) is 0 Å². The summed E-state index contributed by atoms with van der Waals surface area (Å²) < 4.78 is 0. The zero-order chi connectivity index (χ0) is 16.3. The lowest BCUT2D eigenvalue weighted by Crippen LogP contribution is -2.46. The van der Waals surface area contributed by atoms with Crippen LogP contribution in [0.4, 0.5) is 0 Å². The average Bonchev–Trinajstić information content (AvgIpc) is 2.63. The summed E-state index contributed by atoms with van der Waals surface area (Å²) in [5.74, 6) is 1.88. The summed E-state index contributed by atoms with van der Waals surface area (Å²) in [5, 5.41) is 0. The van der Waals surface area contributed by atoms with Crippen molar-refractivity contribution < 1.29 is 4.79 Å². The molecule has 0 radical (unpaired) electrons. The van der Waals surface area contributed by atoms with Crippen LogP contribution in [0.2, 0.25) is 0 Å². The van der Waals surface area contributed by atoms with Gasteiger partial charge >= 0.3 is 0 Å². The maximum absolute atomic E-state index is 12.0. The van der Waals surface area contributed by atoms with Crippen molar-refractivity contribution in [1.29, 1.82) is 0 Å². The van der Waals surface area contributed by atoms with Gasteiger partial charge in [-0.2, -0.15) is 0 Å². The lowest BCUT2D eigenvalue weighted by Gasteiger charge is -2.58. The molecule has 4 rings (SSSR count). The van der Waals surface area contributed by atoms with E-state index in [-0.39, 0.29) is 0 Å². The van der Waals surface area contributed by atoms with E-state index in [0.717, 1.165) is 17.8 Å². The first-order valence-electron chi connectivity index (χ1n) is 10.7. The van der Waals surface area contributed by atoms with Gasteiger partial charge in [0.15, 0.2) is 0 Å². The van der Waals surface area contributed by atoms with E-state index >= 15 is 0 Å². The number of carbonyl (C=O) groups is 1. The molecule has 0 atom stereocenters. The smallest absolute Gasteiger partial charge is 0.135 e. The Morgan fingerprint density at radius 2 is 1.48 bits per heavy atom. The van der Waals surface area contributed by atoms with Crippen LogP contribution in [-0.2, 0) is 4.79 Å². The van der Waals surface area contributed by atoms with Crippen molar-refractivity contribution >= 4 is 5.78 Å². The van der Waals surface area contributed by atoms with Gasteiger partial charge in [-0.05, 0) is 87.4 Å². The molecule has 0 heterocycles. The molecule has 132 valence electrons. The Labute approximate surface area is 144 Å². The number of rotatable bonds is 7. The number of hydrogen-bond donors (Lipinski definition) is 0. The van der Waals surface area contributed by atoms with Crippen molar-refractivity contribution in [1.82, 2.24) is 0 Å². The number of fused-ring (bicyclic) bond motifs is 3. The van der Waals surface area contributed by atoms with Crippen LogP contribution in [0.25, 0.3) is 0 Å². The summed E-state index contributed by atoms with van der Waals surface area (Å²) in [7, 11) is 0. The number of hydrogen-bond acceptors (Lipinski definition) is 1. The van der Waals surface area contributed by atoms with Gasteiger partial charge in [-0.15, -0.1) is 0 Å². The maximum Gasteiger partial charge on any atom is 0.135 e. The SMILES string of the molecule is CCCCCC12CCC([C@H]3CC[C@H](C(=O)CC)CC3)(CC1)CC2. The number of ketones is 1. The van der Waals surface area contributed by atoms with Crippen molar-refractivity contribution in [3.8, 4) is 0 Å².